The maximum absolute atomic E-state index is 12.7. The van der Waals surface area contributed by atoms with Crippen LogP contribution in [0.25, 0.3) is 0 Å². The van der Waals surface area contributed by atoms with Crippen LogP contribution in [-0.2, 0) is 11.0 Å². The Labute approximate surface area is 195 Å². The average Bonchev–Trinajstić information content (AvgIpc) is 3.49. The summed E-state index contributed by atoms with van der Waals surface area (Å²) in [7, 11) is 0. The van der Waals surface area contributed by atoms with Gasteiger partial charge in [-0.1, -0.05) is 0 Å². The largest absolute Gasteiger partial charge is 0.416 e. The number of carbonyl (C=O) groups excluding carboxylic acids is 2. The maximum Gasteiger partial charge on any atom is 0.416 e. The van der Waals surface area contributed by atoms with Gasteiger partial charge in [0.1, 0.15) is 0 Å². The summed E-state index contributed by atoms with van der Waals surface area (Å²) in [5.74, 6) is -0.687. The van der Waals surface area contributed by atoms with Gasteiger partial charge in [0.05, 0.1) is 23.8 Å². The molecule has 174 valence electrons. The molecule has 0 saturated carbocycles. The minimum absolute atomic E-state index is 0.0539. The number of hydrogen-bond acceptors (Lipinski definition) is 7. The first kappa shape index (κ1) is 23.3. The van der Waals surface area contributed by atoms with Crippen molar-refractivity contribution in [3.05, 3.63) is 57.5 Å². The van der Waals surface area contributed by atoms with E-state index in [0.29, 0.717) is 10.3 Å². The second kappa shape index (κ2) is 9.57. The summed E-state index contributed by atoms with van der Waals surface area (Å²) in [5, 5.41) is 8.18. The average molecular weight is 496 g/mol. The second-order valence-corrected chi connectivity index (χ2v) is 9.65. The summed E-state index contributed by atoms with van der Waals surface area (Å²) >= 11 is 2.65. The van der Waals surface area contributed by atoms with Gasteiger partial charge >= 0.3 is 6.18 Å². The number of hydrogen-bond donors (Lipinski definition) is 2. The Morgan fingerprint density at radius 2 is 1.94 bits per heavy atom. The standard InChI is InChI=1S/C21H20F3N5O2S2/c1-12-9-25-19(33-12)27-17(30)10-29-8-2-3-16(29)15-11-32-20(26-15)28-18(31)13-4-6-14(7-5-13)21(22,23)24/h4-7,9,11,16H,2-3,8,10H2,1H3,(H,25,27,30)(H,26,28,31)/t16-/m0/s1. The van der Waals surface area contributed by atoms with Crippen molar-refractivity contribution in [2.45, 2.75) is 32.0 Å². The second-order valence-electron chi connectivity index (χ2n) is 7.56. The number of thiazole rings is 2. The van der Waals surface area contributed by atoms with Crippen molar-refractivity contribution in [3.8, 4) is 0 Å². The van der Waals surface area contributed by atoms with E-state index in [4.69, 9.17) is 0 Å². The molecule has 1 atom stereocenters. The molecule has 2 N–H and O–H groups in total. The highest BCUT2D eigenvalue weighted by Gasteiger charge is 2.31. The number of rotatable bonds is 6. The van der Waals surface area contributed by atoms with E-state index < -0.39 is 17.6 Å². The Bertz CT molecular complexity index is 1140. The highest BCUT2D eigenvalue weighted by atomic mass is 32.1. The predicted molar refractivity (Wildman–Crippen MR) is 121 cm³/mol. The first-order valence-electron chi connectivity index (χ1n) is 10.1. The van der Waals surface area contributed by atoms with Crippen LogP contribution in [-0.4, -0.2) is 39.8 Å². The number of benzene rings is 1. The van der Waals surface area contributed by atoms with Crippen molar-refractivity contribution in [2.24, 2.45) is 0 Å². The Hall–Kier alpha value is -2.83. The van der Waals surface area contributed by atoms with E-state index in [2.05, 4.69) is 20.6 Å². The zero-order valence-corrected chi connectivity index (χ0v) is 19.1. The third kappa shape index (κ3) is 5.75. The number of likely N-dealkylation sites (tertiary alicyclic amines) is 1. The third-order valence-corrected chi connectivity index (χ3v) is 6.74. The van der Waals surface area contributed by atoms with E-state index in [0.717, 1.165) is 54.2 Å². The monoisotopic (exact) mass is 495 g/mol. The Kier molecular flexibility index (Phi) is 6.77. The molecule has 7 nitrogen and oxygen atoms in total. The molecule has 12 heteroatoms. The summed E-state index contributed by atoms with van der Waals surface area (Å²) in [5.41, 5.74) is 0.0420. The van der Waals surface area contributed by atoms with Gasteiger partial charge in [-0.25, -0.2) is 9.97 Å². The van der Waals surface area contributed by atoms with E-state index in [1.807, 2.05) is 17.2 Å². The lowest BCUT2D eigenvalue weighted by atomic mass is 10.1. The van der Waals surface area contributed by atoms with Gasteiger partial charge in [0, 0.05) is 22.0 Å². The van der Waals surface area contributed by atoms with Gasteiger partial charge in [-0.3, -0.25) is 19.8 Å². The summed E-state index contributed by atoms with van der Waals surface area (Å²) in [6.07, 6.45) is -1.00. The van der Waals surface area contributed by atoms with Gasteiger partial charge in [0.2, 0.25) is 5.91 Å². The van der Waals surface area contributed by atoms with Crippen LogP contribution in [0, 0.1) is 6.92 Å². The number of anilines is 2. The molecule has 2 amide bonds. The summed E-state index contributed by atoms with van der Waals surface area (Å²) < 4.78 is 38.1. The zero-order valence-electron chi connectivity index (χ0n) is 17.5. The van der Waals surface area contributed by atoms with Gasteiger partial charge < -0.3 is 5.32 Å². The van der Waals surface area contributed by atoms with E-state index >= 15 is 0 Å². The fraction of sp³-hybridized carbons (Fsp3) is 0.333. The molecule has 2 aromatic heterocycles. The molecule has 0 aliphatic carbocycles. The fourth-order valence-electron chi connectivity index (χ4n) is 3.58. The molecule has 3 heterocycles. The maximum atomic E-state index is 12.7. The normalized spacial score (nSPS) is 16.7. The quantitative estimate of drug-likeness (QED) is 0.505. The molecule has 1 fully saturated rings. The van der Waals surface area contributed by atoms with E-state index in [-0.39, 0.29) is 24.1 Å². The molecule has 0 spiro atoms. The SMILES string of the molecule is Cc1cnc(NC(=O)CN2CCC[C@H]2c2csc(NC(=O)c3ccc(C(F)(F)F)cc3)n2)s1. The van der Waals surface area contributed by atoms with Crippen LogP contribution in [0.5, 0.6) is 0 Å². The highest BCUT2D eigenvalue weighted by Crippen LogP contribution is 2.34. The fourth-order valence-corrected chi connectivity index (χ4v) is 5.02. The van der Waals surface area contributed by atoms with Crippen LogP contribution in [0.3, 0.4) is 0 Å². The van der Waals surface area contributed by atoms with Crippen LogP contribution in [0.1, 0.15) is 45.4 Å². The lowest BCUT2D eigenvalue weighted by Gasteiger charge is -2.22. The number of carbonyl (C=O) groups is 2. The van der Waals surface area contributed by atoms with Crippen molar-refractivity contribution in [2.75, 3.05) is 23.7 Å². The smallest absolute Gasteiger partial charge is 0.301 e. The van der Waals surface area contributed by atoms with Crippen molar-refractivity contribution in [3.63, 3.8) is 0 Å². The van der Waals surface area contributed by atoms with Crippen molar-refractivity contribution < 1.29 is 22.8 Å². The number of halogens is 3. The molecule has 1 aromatic carbocycles. The number of nitrogens with one attached hydrogen (secondary N) is 2. The molecule has 1 saturated heterocycles. The minimum Gasteiger partial charge on any atom is -0.301 e. The molecule has 33 heavy (non-hydrogen) atoms. The summed E-state index contributed by atoms with van der Waals surface area (Å²) in [6.45, 7) is 2.87. The van der Waals surface area contributed by atoms with Crippen molar-refractivity contribution in [1.82, 2.24) is 14.9 Å². The summed E-state index contributed by atoms with van der Waals surface area (Å²) in [6, 6.07) is 3.96. The van der Waals surface area contributed by atoms with E-state index in [1.54, 1.807) is 6.20 Å². The van der Waals surface area contributed by atoms with Crippen LogP contribution < -0.4 is 10.6 Å². The molecular formula is C21H20F3N5O2S2. The third-order valence-electron chi connectivity index (χ3n) is 5.14. The number of alkyl halides is 3. The molecule has 1 aliphatic rings. The zero-order chi connectivity index (χ0) is 23.6. The molecule has 1 aliphatic heterocycles. The lowest BCUT2D eigenvalue weighted by molar-refractivity contribution is -0.137. The molecule has 0 unspecified atom stereocenters. The van der Waals surface area contributed by atoms with Crippen LogP contribution in [0.15, 0.2) is 35.8 Å². The Balaban J connectivity index is 1.36. The number of amides is 2. The number of nitrogens with zero attached hydrogens (tertiary/aromatic N) is 3. The Morgan fingerprint density at radius 3 is 2.61 bits per heavy atom. The first-order valence-corrected chi connectivity index (χ1v) is 11.8. The van der Waals surface area contributed by atoms with Crippen molar-refractivity contribution in [1.29, 1.82) is 0 Å². The van der Waals surface area contributed by atoms with Crippen molar-refractivity contribution >= 4 is 44.8 Å². The van der Waals surface area contributed by atoms with Gasteiger partial charge in [0.25, 0.3) is 5.91 Å². The van der Waals surface area contributed by atoms with Gasteiger partial charge in [-0.15, -0.1) is 22.7 Å². The van der Waals surface area contributed by atoms with Gasteiger partial charge in [-0.2, -0.15) is 13.2 Å². The van der Waals surface area contributed by atoms with Crippen LogP contribution >= 0.6 is 22.7 Å². The first-order chi connectivity index (χ1) is 15.7. The van der Waals surface area contributed by atoms with E-state index in [1.165, 1.54) is 22.7 Å². The van der Waals surface area contributed by atoms with Crippen LogP contribution in [0.2, 0.25) is 0 Å². The summed E-state index contributed by atoms with van der Waals surface area (Å²) in [4.78, 5) is 36.5. The topological polar surface area (TPSA) is 87.2 Å². The highest BCUT2D eigenvalue weighted by molar-refractivity contribution is 7.15. The molecule has 4 rings (SSSR count). The molecule has 3 aromatic rings. The minimum atomic E-state index is -4.46. The van der Waals surface area contributed by atoms with E-state index in [9.17, 15) is 22.8 Å². The number of aryl methyl sites for hydroxylation is 1. The molecule has 0 radical (unpaired) electrons. The van der Waals surface area contributed by atoms with Gasteiger partial charge in [0.15, 0.2) is 10.3 Å². The lowest BCUT2D eigenvalue weighted by Crippen LogP contribution is -2.33. The Morgan fingerprint density at radius 1 is 1.18 bits per heavy atom. The molecule has 0 bridgehead atoms. The number of aromatic nitrogens is 2. The van der Waals surface area contributed by atoms with Crippen LogP contribution in [0.4, 0.5) is 23.4 Å². The predicted octanol–water partition coefficient (Wildman–Crippen LogP) is 4.95. The van der Waals surface area contributed by atoms with Gasteiger partial charge in [-0.05, 0) is 50.6 Å². The molecular weight excluding hydrogens is 475 g/mol.